The number of nitrogens with zero attached hydrogens (tertiary/aromatic N) is 4. The van der Waals surface area contributed by atoms with E-state index >= 15 is 0 Å². The predicted octanol–water partition coefficient (Wildman–Crippen LogP) is 4.20. The average Bonchev–Trinajstić information content (AvgIpc) is 3.96. The highest BCUT2D eigenvalue weighted by molar-refractivity contribution is 5.94. The Labute approximate surface area is 288 Å². The molecule has 2 saturated carbocycles. The number of hydrogen-bond acceptors (Lipinski definition) is 8. The summed E-state index contributed by atoms with van der Waals surface area (Å²) in [5, 5.41) is 19.5. The van der Waals surface area contributed by atoms with E-state index in [9.17, 15) is 14.7 Å². The number of anilines is 1. The summed E-state index contributed by atoms with van der Waals surface area (Å²) in [6.07, 6.45) is 12.4. The van der Waals surface area contributed by atoms with Gasteiger partial charge in [-0.05, 0) is 67.5 Å². The lowest BCUT2D eigenvalue weighted by Gasteiger charge is -2.26. The summed E-state index contributed by atoms with van der Waals surface area (Å²) in [5.74, 6) is 7.32. The molecule has 1 atom stereocenters. The van der Waals surface area contributed by atoms with Gasteiger partial charge in [-0.2, -0.15) is 0 Å². The van der Waals surface area contributed by atoms with E-state index in [4.69, 9.17) is 4.98 Å². The summed E-state index contributed by atoms with van der Waals surface area (Å²) in [4.78, 5) is 37.7. The number of nitrogens with one attached hydrogen (secondary N) is 3. The lowest BCUT2D eigenvalue weighted by Crippen LogP contribution is -2.44. The summed E-state index contributed by atoms with van der Waals surface area (Å²) in [6, 6.07) is 17.8. The minimum Gasteiger partial charge on any atom is -0.394 e. The van der Waals surface area contributed by atoms with Gasteiger partial charge in [0, 0.05) is 50.5 Å². The Morgan fingerprint density at radius 1 is 0.980 bits per heavy atom. The third-order valence-corrected chi connectivity index (χ3v) is 9.40. The van der Waals surface area contributed by atoms with E-state index in [1.807, 2.05) is 48.5 Å². The van der Waals surface area contributed by atoms with E-state index in [2.05, 4.69) is 37.7 Å². The van der Waals surface area contributed by atoms with E-state index in [1.54, 1.807) is 18.5 Å². The summed E-state index contributed by atoms with van der Waals surface area (Å²) in [5.41, 5.74) is 2.61. The van der Waals surface area contributed by atoms with Crippen LogP contribution in [0.3, 0.4) is 0 Å². The molecule has 4 N–H and O–H groups in total. The van der Waals surface area contributed by atoms with Gasteiger partial charge in [0.05, 0.1) is 36.4 Å². The fourth-order valence-electron chi connectivity index (χ4n) is 6.50. The number of pyridine rings is 1. The van der Waals surface area contributed by atoms with Crippen LogP contribution >= 0.6 is 0 Å². The molecule has 0 spiro atoms. The van der Waals surface area contributed by atoms with Crippen molar-refractivity contribution in [1.29, 1.82) is 0 Å². The molecule has 1 aliphatic heterocycles. The van der Waals surface area contributed by atoms with Gasteiger partial charge in [-0.1, -0.05) is 61.4 Å². The first kappa shape index (κ1) is 34.3. The first-order chi connectivity index (χ1) is 24.1. The maximum Gasteiger partial charge on any atom is 0.264 e. The van der Waals surface area contributed by atoms with Crippen LogP contribution in [0.1, 0.15) is 72.5 Å². The molecular formula is C39H47N7O3. The average molecular weight is 662 g/mol. The van der Waals surface area contributed by atoms with Crippen LogP contribution in [0.25, 0.3) is 11.0 Å². The molecule has 10 heteroatoms. The highest BCUT2D eigenvalue weighted by atomic mass is 16.3. The Balaban J connectivity index is 0.000000353. The van der Waals surface area contributed by atoms with Crippen molar-refractivity contribution in [2.24, 2.45) is 5.92 Å². The number of piperazine rings is 1. The molecule has 2 aromatic carbocycles. The van der Waals surface area contributed by atoms with Crippen molar-refractivity contribution in [2.75, 3.05) is 51.2 Å². The molecule has 4 aromatic rings. The SMILES string of the molecule is C1CN(CC2CC2)CCN1.O=C(NCC#Cc1ccc2ncc(NC3CCCCC3)nc2c1)c1cccn([C@H](CO)c2ccccc2)c1=O. The number of carbonyl (C=O) groups excluding carboxylic acids is 1. The zero-order valence-electron chi connectivity index (χ0n) is 28.1. The maximum absolute atomic E-state index is 13.1. The smallest absolute Gasteiger partial charge is 0.264 e. The number of rotatable bonds is 9. The molecule has 2 aromatic heterocycles. The van der Waals surface area contributed by atoms with Crippen molar-refractivity contribution >= 4 is 22.8 Å². The van der Waals surface area contributed by atoms with Gasteiger partial charge in [0.1, 0.15) is 11.4 Å². The minimum atomic E-state index is -0.583. The fraction of sp³-hybridized carbons (Fsp3) is 0.436. The number of amides is 1. The molecule has 3 aliphatic rings. The van der Waals surface area contributed by atoms with E-state index in [0.29, 0.717) is 6.04 Å². The second kappa shape index (κ2) is 17.2. The predicted molar refractivity (Wildman–Crippen MR) is 194 cm³/mol. The summed E-state index contributed by atoms with van der Waals surface area (Å²) < 4.78 is 1.38. The molecule has 10 nitrogen and oxygen atoms in total. The third kappa shape index (κ3) is 9.76. The van der Waals surface area contributed by atoms with E-state index in [1.165, 1.54) is 75.5 Å². The molecule has 1 saturated heterocycles. The highest BCUT2D eigenvalue weighted by Crippen LogP contribution is 2.29. The van der Waals surface area contributed by atoms with Gasteiger partial charge in [0.2, 0.25) is 0 Å². The Hall–Kier alpha value is -4.56. The highest BCUT2D eigenvalue weighted by Gasteiger charge is 2.24. The quantitative estimate of drug-likeness (QED) is 0.197. The zero-order valence-corrected chi connectivity index (χ0v) is 28.1. The van der Waals surface area contributed by atoms with Crippen LogP contribution in [0, 0.1) is 17.8 Å². The molecule has 256 valence electrons. The number of aliphatic hydroxyl groups is 1. The first-order valence-electron chi connectivity index (χ1n) is 17.7. The summed E-state index contributed by atoms with van der Waals surface area (Å²) in [6.45, 7) is 6.13. The van der Waals surface area contributed by atoms with Crippen LogP contribution in [-0.2, 0) is 0 Å². The second-order valence-corrected chi connectivity index (χ2v) is 13.2. The molecular weight excluding hydrogens is 614 g/mol. The van der Waals surface area contributed by atoms with E-state index < -0.39 is 17.5 Å². The number of hydrogen-bond donors (Lipinski definition) is 4. The van der Waals surface area contributed by atoms with Gasteiger partial charge in [0.25, 0.3) is 11.5 Å². The normalized spacial score (nSPS) is 17.2. The van der Waals surface area contributed by atoms with Crippen LogP contribution in [0.15, 0.2) is 77.9 Å². The molecule has 0 radical (unpaired) electrons. The fourth-order valence-corrected chi connectivity index (χ4v) is 6.50. The van der Waals surface area contributed by atoms with Gasteiger partial charge in [-0.15, -0.1) is 0 Å². The van der Waals surface area contributed by atoms with E-state index in [0.717, 1.165) is 46.7 Å². The molecule has 3 heterocycles. The van der Waals surface area contributed by atoms with Crippen molar-refractivity contribution in [3.05, 3.63) is 100 Å². The topological polar surface area (TPSA) is 124 Å². The second-order valence-electron chi connectivity index (χ2n) is 13.2. The molecule has 0 unspecified atom stereocenters. The summed E-state index contributed by atoms with van der Waals surface area (Å²) >= 11 is 0. The summed E-state index contributed by atoms with van der Waals surface area (Å²) in [7, 11) is 0. The lowest BCUT2D eigenvalue weighted by atomic mass is 9.95. The Morgan fingerprint density at radius 2 is 1.78 bits per heavy atom. The van der Waals surface area contributed by atoms with Crippen molar-refractivity contribution in [3.8, 4) is 11.8 Å². The molecule has 2 aliphatic carbocycles. The number of fused-ring (bicyclic) bond motifs is 1. The van der Waals surface area contributed by atoms with Gasteiger partial charge in [-0.25, -0.2) is 4.98 Å². The zero-order chi connectivity index (χ0) is 33.8. The Morgan fingerprint density at radius 3 is 2.53 bits per heavy atom. The van der Waals surface area contributed by atoms with Crippen molar-refractivity contribution in [2.45, 2.75) is 57.0 Å². The van der Waals surface area contributed by atoms with Crippen LogP contribution in [-0.4, -0.2) is 82.4 Å². The van der Waals surface area contributed by atoms with Crippen LogP contribution in [0.2, 0.25) is 0 Å². The van der Waals surface area contributed by atoms with Crippen molar-refractivity contribution in [1.82, 2.24) is 30.1 Å². The van der Waals surface area contributed by atoms with Gasteiger partial charge in [-0.3, -0.25) is 14.6 Å². The van der Waals surface area contributed by atoms with Crippen LogP contribution < -0.4 is 21.5 Å². The van der Waals surface area contributed by atoms with Gasteiger partial charge in [0.15, 0.2) is 0 Å². The number of benzene rings is 2. The van der Waals surface area contributed by atoms with Gasteiger partial charge < -0.3 is 30.5 Å². The van der Waals surface area contributed by atoms with Gasteiger partial charge >= 0.3 is 0 Å². The number of aromatic nitrogens is 3. The first-order valence-corrected chi connectivity index (χ1v) is 17.7. The maximum atomic E-state index is 13.1. The number of carbonyl (C=O) groups is 1. The monoisotopic (exact) mass is 661 g/mol. The molecule has 3 fully saturated rings. The molecule has 7 rings (SSSR count). The van der Waals surface area contributed by atoms with Crippen LogP contribution in [0.4, 0.5) is 5.82 Å². The van der Waals surface area contributed by atoms with Crippen molar-refractivity contribution < 1.29 is 9.90 Å². The number of aliphatic hydroxyl groups excluding tert-OH is 1. The third-order valence-electron chi connectivity index (χ3n) is 9.40. The minimum absolute atomic E-state index is 0.00680. The Bertz CT molecular complexity index is 1800. The lowest BCUT2D eigenvalue weighted by molar-refractivity contribution is 0.0956. The van der Waals surface area contributed by atoms with E-state index in [-0.39, 0.29) is 18.7 Å². The molecule has 49 heavy (non-hydrogen) atoms. The Kier molecular flexibility index (Phi) is 12.0. The largest absolute Gasteiger partial charge is 0.394 e. The molecule has 1 amide bonds. The standard InChI is InChI=1S/C31H31N5O3.C8H16N2/c37-21-28(23-10-3-1-4-11-23)36-18-8-14-25(31(36)39)30(38)32-17-7-9-22-15-16-26-27(19-22)35-29(20-33-26)34-24-12-5-2-6-13-24;1-2-8(1)7-10-5-3-9-4-6-10/h1,3-4,8,10-11,14-16,18-20,24,28,37H,2,5-6,12-13,17,21H2,(H,32,38)(H,34,35);8-9H,1-7H2/t28-;/m1./s1. The van der Waals surface area contributed by atoms with Crippen LogP contribution in [0.5, 0.6) is 0 Å². The van der Waals surface area contributed by atoms with Crippen molar-refractivity contribution in [3.63, 3.8) is 0 Å². The molecule has 0 bridgehead atoms.